The van der Waals surface area contributed by atoms with Crippen molar-refractivity contribution in [3.05, 3.63) is 59.4 Å². The molecular weight excluding hydrogens is 430 g/mol. The Bertz CT molecular complexity index is 1140. The summed E-state index contributed by atoms with van der Waals surface area (Å²) in [6.45, 7) is 6.47. The Labute approximate surface area is 200 Å². The fourth-order valence-corrected chi connectivity index (χ4v) is 4.17. The average molecular weight is 464 g/mol. The van der Waals surface area contributed by atoms with Crippen molar-refractivity contribution in [2.45, 2.75) is 26.4 Å². The monoisotopic (exact) mass is 463 g/mol. The summed E-state index contributed by atoms with van der Waals surface area (Å²) in [6, 6.07) is 14.1. The smallest absolute Gasteiger partial charge is 0.237 e. The number of aryl methyl sites for hydroxylation is 1. The van der Waals surface area contributed by atoms with Gasteiger partial charge in [0.15, 0.2) is 0 Å². The number of carbonyl (C=O) groups excluding carboxylic acids is 1. The predicted molar refractivity (Wildman–Crippen MR) is 133 cm³/mol. The molecule has 8 heteroatoms. The number of nitrogens with zero attached hydrogens (tertiary/aromatic N) is 4. The van der Waals surface area contributed by atoms with Gasteiger partial charge in [0.25, 0.3) is 0 Å². The molecule has 1 amide bonds. The minimum atomic E-state index is 0.114. The molecule has 1 aromatic heterocycles. The summed E-state index contributed by atoms with van der Waals surface area (Å²) in [5.74, 6) is 2.48. The number of ether oxygens (including phenoxy) is 2. The van der Waals surface area contributed by atoms with E-state index in [1.807, 2.05) is 35.2 Å². The van der Waals surface area contributed by atoms with E-state index in [4.69, 9.17) is 19.4 Å². The SMILES string of the molecule is COCCCNc1nc(CN2CCN(Cc3cccc(OC)c3)C(=O)C2)nc2ccc(C)cc12. The van der Waals surface area contributed by atoms with Gasteiger partial charge in [-0.2, -0.15) is 0 Å². The molecule has 8 nitrogen and oxygen atoms in total. The van der Waals surface area contributed by atoms with E-state index in [-0.39, 0.29) is 5.91 Å². The van der Waals surface area contributed by atoms with Crippen LogP contribution in [0, 0.1) is 6.92 Å². The van der Waals surface area contributed by atoms with Crippen LogP contribution in [-0.4, -0.2) is 72.7 Å². The summed E-state index contributed by atoms with van der Waals surface area (Å²) in [5, 5.41) is 4.46. The quantitative estimate of drug-likeness (QED) is 0.463. The van der Waals surface area contributed by atoms with Crippen LogP contribution in [0.2, 0.25) is 0 Å². The van der Waals surface area contributed by atoms with Crippen molar-refractivity contribution >= 4 is 22.6 Å². The summed E-state index contributed by atoms with van der Waals surface area (Å²) in [4.78, 5) is 26.5. The zero-order valence-corrected chi connectivity index (χ0v) is 20.2. The maximum atomic E-state index is 12.9. The number of piperazine rings is 1. The maximum absolute atomic E-state index is 12.9. The first kappa shape index (κ1) is 23.9. The number of aromatic nitrogens is 2. The van der Waals surface area contributed by atoms with Crippen LogP contribution in [-0.2, 0) is 22.6 Å². The summed E-state index contributed by atoms with van der Waals surface area (Å²) in [5.41, 5.74) is 3.15. The van der Waals surface area contributed by atoms with Gasteiger partial charge in [-0.15, -0.1) is 0 Å². The van der Waals surface area contributed by atoms with Gasteiger partial charge >= 0.3 is 0 Å². The molecule has 1 N–H and O–H groups in total. The van der Waals surface area contributed by atoms with Crippen LogP contribution in [0.5, 0.6) is 5.75 Å². The molecule has 0 radical (unpaired) electrons. The predicted octanol–water partition coefficient (Wildman–Crippen LogP) is 3.24. The van der Waals surface area contributed by atoms with Crippen LogP contribution in [0.3, 0.4) is 0 Å². The highest BCUT2D eigenvalue weighted by molar-refractivity contribution is 5.89. The summed E-state index contributed by atoms with van der Waals surface area (Å²) in [6.07, 6.45) is 0.896. The largest absolute Gasteiger partial charge is 0.497 e. The van der Waals surface area contributed by atoms with Crippen LogP contribution in [0.25, 0.3) is 10.9 Å². The molecule has 0 spiro atoms. The van der Waals surface area contributed by atoms with E-state index >= 15 is 0 Å². The highest BCUT2D eigenvalue weighted by Gasteiger charge is 2.25. The Morgan fingerprint density at radius 2 is 1.94 bits per heavy atom. The third kappa shape index (κ3) is 6.01. The van der Waals surface area contributed by atoms with Gasteiger partial charge < -0.3 is 19.7 Å². The minimum absolute atomic E-state index is 0.114. The van der Waals surface area contributed by atoms with E-state index in [0.717, 1.165) is 53.4 Å². The Hall–Kier alpha value is -3.23. The lowest BCUT2D eigenvalue weighted by atomic mass is 10.1. The van der Waals surface area contributed by atoms with Gasteiger partial charge in [-0.25, -0.2) is 9.97 Å². The summed E-state index contributed by atoms with van der Waals surface area (Å²) in [7, 11) is 3.36. The molecule has 4 rings (SSSR count). The highest BCUT2D eigenvalue weighted by atomic mass is 16.5. The summed E-state index contributed by atoms with van der Waals surface area (Å²) < 4.78 is 10.5. The number of methoxy groups -OCH3 is 2. The van der Waals surface area contributed by atoms with Gasteiger partial charge in [0.1, 0.15) is 17.4 Å². The van der Waals surface area contributed by atoms with E-state index in [1.165, 1.54) is 5.56 Å². The first-order valence-corrected chi connectivity index (χ1v) is 11.7. The van der Waals surface area contributed by atoms with Crippen LogP contribution >= 0.6 is 0 Å². The molecule has 34 heavy (non-hydrogen) atoms. The van der Waals surface area contributed by atoms with Crippen molar-refractivity contribution in [3.8, 4) is 5.75 Å². The molecule has 2 aromatic carbocycles. The van der Waals surface area contributed by atoms with Crippen molar-refractivity contribution in [3.63, 3.8) is 0 Å². The fourth-order valence-electron chi connectivity index (χ4n) is 4.17. The van der Waals surface area contributed by atoms with Crippen molar-refractivity contribution in [1.29, 1.82) is 0 Å². The van der Waals surface area contributed by atoms with Gasteiger partial charge in [0.05, 0.1) is 25.7 Å². The van der Waals surface area contributed by atoms with Crippen molar-refractivity contribution in [2.75, 3.05) is 52.3 Å². The molecule has 180 valence electrons. The molecule has 1 aliphatic heterocycles. The second kappa shape index (κ2) is 11.3. The first-order valence-electron chi connectivity index (χ1n) is 11.7. The van der Waals surface area contributed by atoms with E-state index in [0.29, 0.717) is 32.8 Å². The Balaban J connectivity index is 1.43. The Morgan fingerprint density at radius 3 is 2.74 bits per heavy atom. The minimum Gasteiger partial charge on any atom is -0.497 e. The zero-order valence-electron chi connectivity index (χ0n) is 20.2. The number of fused-ring (bicyclic) bond motifs is 1. The van der Waals surface area contributed by atoms with E-state index in [9.17, 15) is 4.79 Å². The summed E-state index contributed by atoms with van der Waals surface area (Å²) >= 11 is 0. The maximum Gasteiger partial charge on any atom is 0.237 e. The van der Waals surface area contributed by atoms with Gasteiger partial charge in [0.2, 0.25) is 5.91 Å². The Morgan fingerprint density at radius 1 is 1.06 bits per heavy atom. The molecule has 0 saturated carbocycles. The van der Waals surface area contributed by atoms with E-state index in [2.05, 4.69) is 29.3 Å². The second-order valence-corrected chi connectivity index (χ2v) is 8.66. The van der Waals surface area contributed by atoms with Gasteiger partial charge in [-0.1, -0.05) is 23.8 Å². The number of nitrogens with one attached hydrogen (secondary N) is 1. The van der Waals surface area contributed by atoms with Gasteiger partial charge in [0, 0.05) is 45.3 Å². The lowest BCUT2D eigenvalue weighted by Crippen LogP contribution is -2.49. The number of anilines is 1. The van der Waals surface area contributed by atoms with Crippen molar-refractivity contribution in [1.82, 2.24) is 19.8 Å². The zero-order chi connectivity index (χ0) is 23.9. The van der Waals surface area contributed by atoms with Crippen LogP contribution < -0.4 is 10.1 Å². The molecule has 0 aliphatic carbocycles. The first-order chi connectivity index (χ1) is 16.6. The topological polar surface area (TPSA) is 79.8 Å². The molecule has 0 bridgehead atoms. The number of benzene rings is 2. The van der Waals surface area contributed by atoms with E-state index in [1.54, 1.807) is 14.2 Å². The second-order valence-electron chi connectivity index (χ2n) is 8.66. The van der Waals surface area contributed by atoms with E-state index < -0.39 is 0 Å². The Kier molecular flexibility index (Phi) is 7.92. The normalized spacial score (nSPS) is 14.6. The molecule has 0 atom stereocenters. The number of rotatable bonds is 10. The van der Waals surface area contributed by atoms with Crippen molar-refractivity contribution in [2.24, 2.45) is 0 Å². The molecule has 0 unspecified atom stereocenters. The molecule has 3 aromatic rings. The number of carbonyl (C=O) groups is 1. The van der Waals surface area contributed by atoms with Crippen LogP contribution in [0.4, 0.5) is 5.82 Å². The average Bonchev–Trinajstić information content (AvgIpc) is 2.84. The lowest BCUT2D eigenvalue weighted by molar-refractivity contribution is -0.136. The van der Waals surface area contributed by atoms with Gasteiger partial charge in [-0.05, 0) is 43.2 Å². The molecular formula is C26H33N5O3. The van der Waals surface area contributed by atoms with Crippen LogP contribution in [0.15, 0.2) is 42.5 Å². The molecule has 1 saturated heterocycles. The third-order valence-corrected chi connectivity index (χ3v) is 5.99. The number of amides is 1. The van der Waals surface area contributed by atoms with Gasteiger partial charge in [-0.3, -0.25) is 9.69 Å². The molecule has 1 aliphatic rings. The lowest BCUT2D eigenvalue weighted by Gasteiger charge is -2.34. The fraction of sp³-hybridized carbons (Fsp3) is 0.423. The van der Waals surface area contributed by atoms with Crippen molar-refractivity contribution < 1.29 is 14.3 Å². The molecule has 1 fully saturated rings. The number of hydrogen-bond acceptors (Lipinski definition) is 7. The third-order valence-electron chi connectivity index (χ3n) is 5.99. The molecule has 2 heterocycles. The van der Waals surface area contributed by atoms with Crippen LogP contribution in [0.1, 0.15) is 23.4 Å². The highest BCUT2D eigenvalue weighted by Crippen LogP contribution is 2.23. The number of hydrogen-bond donors (Lipinski definition) is 1. The standard InChI is InChI=1S/C26H33N5O3/c1-19-8-9-23-22(14-19)26(27-10-5-13-33-2)29-24(28-23)17-30-11-12-31(25(32)18-30)16-20-6-4-7-21(15-20)34-3/h4,6-9,14-15H,5,10-13,16-18H2,1-3H3,(H,27,28,29).